The lowest BCUT2D eigenvalue weighted by Gasteiger charge is -2.25. The number of carboxylic acid groups (broad SMARTS) is 1. The molecular formula is C35H42N4O7. The van der Waals surface area contributed by atoms with Gasteiger partial charge in [-0.15, -0.1) is 0 Å². The van der Waals surface area contributed by atoms with E-state index in [-0.39, 0.29) is 18.7 Å². The Bertz CT molecular complexity index is 1610. The van der Waals surface area contributed by atoms with Gasteiger partial charge in [-0.3, -0.25) is 9.59 Å². The lowest BCUT2D eigenvalue weighted by Crippen LogP contribution is -2.46. The van der Waals surface area contributed by atoms with E-state index in [0.29, 0.717) is 53.5 Å². The molecule has 11 nitrogen and oxygen atoms in total. The summed E-state index contributed by atoms with van der Waals surface area (Å²) >= 11 is 0. The fourth-order valence-corrected chi connectivity index (χ4v) is 6.31. The molecule has 11 heteroatoms. The average Bonchev–Trinajstić information content (AvgIpc) is 3.48. The van der Waals surface area contributed by atoms with E-state index in [9.17, 15) is 19.5 Å². The number of hydrogen-bond donors (Lipinski definition) is 2. The van der Waals surface area contributed by atoms with Gasteiger partial charge in [-0.1, -0.05) is 12.2 Å². The molecule has 2 N–H and O–H groups in total. The molecule has 1 saturated carbocycles. The van der Waals surface area contributed by atoms with Crippen LogP contribution in [0.3, 0.4) is 0 Å². The lowest BCUT2D eigenvalue weighted by molar-refractivity contribution is -0.144. The molecule has 244 valence electrons. The highest BCUT2D eigenvalue weighted by Crippen LogP contribution is 2.39. The van der Waals surface area contributed by atoms with Gasteiger partial charge in [0, 0.05) is 24.7 Å². The van der Waals surface area contributed by atoms with Crippen LogP contribution < -0.4 is 19.5 Å². The van der Waals surface area contributed by atoms with E-state index in [1.165, 1.54) is 0 Å². The van der Waals surface area contributed by atoms with Gasteiger partial charge >= 0.3 is 5.97 Å². The standard InChI is InChI=1S/C35H42N4O7/c1-21-29(45-4)17-16-25-30(21)37-31(22-12-14-23(44-3)15-13-22)38-33(25)46-24-19-26-27(20-24)34(41)39(2)18-10-8-6-5-7-9-11-28(35(42)43)36-32(26)40/h5,7,12-17,24,26-28H,6,8-11,18-20H2,1-4H3,(H,36,40)(H,42,43). The Morgan fingerprint density at radius 1 is 0.957 bits per heavy atom. The summed E-state index contributed by atoms with van der Waals surface area (Å²) < 4.78 is 17.5. The number of fused-ring (bicyclic) bond motifs is 2. The first-order valence-corrected chi connectivity index (χ1v) is 15.8. The highest BCUT2D eigenvalue weighted by Gasteiger charge is 2.45. The van der Waals surface area contributed by atoms with Crippen molar-refractivity contribution in [2.45, 2.75) is 64.0 Å². The number of rotatable bonds is 6. The summed E-state index contributed by atoms with van der Waals surface area (Å²) in [6, 6.07) is 10.0. The Hall–Kier alpha value is -4.67. The predicted octanol–water partition coefficient (Wildman–Crippen LogP) is 4.94. The lowest BCUT2D eigenvalue weighted by atomic mass is 9.93. The maximum atomic E-state index is 13.8. The summed E-state index contributed by atoms with van der Waals surface area (Å²) in [7, 11) is 4.96. The molecule has 0 radical (unpaired) electrons. The van der Waals surface area contributed by atoms with Crippen LogP contribution in [0.2, 0.25) is 0 Å². The molecule has 1 aromatic heterocycles. The van der Waals surface area contributed by atoms with E-state index >= 15 is 0 Å². The number of carbonyl (C=O) groups excluding carboxylic acids is 2. The van der Waals surface area contributed by atoms with Gasteiger partial charge in [0.2, 0.25) is 17.7 Å². The zero-order valence-corrected chi connectivity index (χ0v) is 26.8. The van der Waals surface area contributed by atoms with Crippen molar-refractivity contribution in [2.75, 3.05) is 27.8 Å². The quantitative estimate of drug-likeness (QED) is 0.362. The van der Waals surface area contributed by atoms with Crippen LogP contribution in [0.5, 0.6) is 17.4 Å². The molecule has 1 aliphatic carbocycles. The fraction of sp³-hybridized carbons (Fsp3) is 0.457. The van der Waals surface area contributed by atoms with Crippen molar-refractivity contribution in [3.05, 3.63) is 54.1 Å². The van der Waals surface area contributed by atoms with Crippen LogP contribution in [0.25, 0.3) is 22.3 Å². The fourth-order valence-electron chi connectivity index (χ4n) is 6.31. The minimum atomic E-state index is -1.10. The third kappa shape index (κ3) is 7.24. The molecule has 2 aliphatic rings. The van der Waals surface area contributed by atoms with Crippen LogP contribution in [0.4, 0.5) is 0 Å². The SMILES string of the molecule is COc1ccc(-c2nc(OC3CC4C(=O)NC(C(=O)O)CCC=CCCCCN(C)C(=O)C4C3)c3ccc(OC)c(C)c3n2)cc1. The van der Waals surface area contributed by atoms with Crippen LogP contribution in [-0.2, 0) is 14.4 Å². The minimum Gasteiger partial charge on any atom is -0.497 e. The van der Waals surface area contributed by atoms with Crippen LogP contribution in [0.15, 0.2) is 48.6 Å². The molecule has 0 spiro atoms. The summed E-state index contributed by atoms with van der Waals surface area (Å²) in [5, 5.41) is 13.2. The molecule has 2 heterocycles. The molecular weight excluding hydrogens is 588 g/mol. The van der Waals surface area contributed by atoms with Gasteiger partial charge in [0.15, 0.2) is 5.82 Å². The van der Waals surface area contributed by atoms with E-state index in [0.717, 1.165) is 30.4 Å². The second kappa shape index (κ2) is 14.6. The number of nitrogens with one attached hydrogen (secondary N) is 1. The normalized spacial score (nSPS) is 22.8. The molecule has 2 amide bonds. The number of aromatic nitrogens is 2. The van der Waals surface area contributed by atoms with Crippen LogP contribution >= 0.6 is 0 Å². The molecule has 0 saturated heterocycles. The number of aliphatic carboxylic acids is 1. The average molecular weight is 631 g/mol. The van der Waals surface area contributed by atoms with Crippen LogP contribution in [-0.4, -0.2) is 77.7 Å². The van der Waals surface area contributed by atoms with Gasteiger partial charge in [0.25, 0.3) is 0 Å². The second-order valence-electron chi connectivity index (χ2n) is 12.0. The molecule has 1 fully saturated rings. The maximum absolute atomic E-state index is 13.8. The van der Waals surface area contributed by atoms with Gasteiger partial charge in [-0.05, 0) is 88.3 Å². The molecule has 4 atom stereocenters. The van der Waals surface area contributed by atoms with E-state index in [1.54, 1.807) is 26.2 Å². The number of amides is 2. The number of allylic oxidation sites excluding steroid dienone is 2. The van der Waals surface area contributed by atoms with E-state index in [4.69, 9.17) is 24.2 Å². The Labute approximate surface area is 269 Å². The van der Waals surface area contributed by atoms with Crippen molar-refractivity contribution in [1.29, 1.82) is 0 Å². The minimum absolute atomic E-state index is 0.143. The van der Waals surface area contributed by atoms with Crippen molar-refractivity contribution < 1.29 is 33.7 Å². The zero-order chi connectivity index (χ0) is 32.8. The molecule has 3 aromatic rings. The van der Waals surface area contributed by atoms with Gasteiger partial charge in [-0.2, -0.15) is 4.98 Å². The van der Waals surface area contributed by atoms with Crippen LogP contribution in [0, 0.1) is 18.8 Å². The number of hydrogen-bond acceptors (Lipinski definition) is 8. The first-order chi connectivity index (χ1) is 22.2. The largest absolute Gasteiger partial charge is 0.497 e. The van der Waals surface area contributed by atoms with E-state index in [2.05, 4.69) is 5.32 Å². The highest BCUT2D eigenvalue weighted by atomic mass is 16.5. The number of ether oxygens (including phenoxy) is 3. The van der Waals surface area contributed by atoms with Crippen molar-refractivity contribution >= 4 is 28.7 Å². The summed E-state index contributed by atoms with van der Waals surface area (Å²) in [4.78, 5) is 50.8. The van der Waals surface area contributed by atoms with Crippen molar-refractivity contribution in [2.24, 2.45) is 11.8 Å². The van der Waals surface area contributed by atoms with Crippen molar-refractivity contribution in [3.63, 3.8) is 0 Å². The summed E-state index contributed by atoms with van der Waals surface area (Å²) in [5.41, 5.74) is 2.24. The Morgan fingerprint density at radius 3 is 2.41 bits per heavy atom. The zero-order valence-electron chi connectivity index (χ0n) is 26.8. The third-order valence-corrected chi connectivity index (χ3v) is 8.95. The maximum Gasteiger partial charge on any atom is 0.326 e. The van der Waals surface area contributed by atoms with E-state index < -0.39 is 35.9 Å². The molecule has 4 unspecified atom stereocenters. The number of nitrogens with zero attached hydrogens (tertiary/aromatic N) is 3. The van der Waals surface area contributed by atoms with Gasteiger partial charge in [-0.25, -0.2) is 9.78 Å². The highest BCUT2D eigenvalue weighted by molar-refractivity contribution is 5.91. The molecule has 1 aliphatic heterocycles. The number of aryl methyl sites for hydroxylation is 1. The van der Waals surface area contributed by atoms with E-state index in [1.807, 2.05) is 55.5 Å². The number of carboxylic acids is 1. The Kier molecular flexibility index (Phi) is 10.4. The molecule has 46 heavy (non-hydrogen) atoms. The van der Waals surface area contributed by atoms with Gasteiger partial charge in [0.1, 0.15) is 23.6 Å². The van der Waals surface area contributed by atoms with Gasteiger partial charge in [0.05, 0.1) is 37.0 Å². The first-order valence-electron chi connectivity index (χ1n) is 15.8. The third-order valence-electron chi connectivity index (χ3n) is 8.95. The Morgan fingerprint density at radius 2 is 1.70 bits per heavy atom. The molecule has 2 aromatic carbocycles. The smallest absolute Gasteiger partial charge is 0.326 e. The van der Waals surface area contributed by atoms with Crippen molar-refractivity contribution in [1.82, 2.24) is 20.2 Å². The molecule has 5 rings (SSSR count). The van der Waals surface area contributed by atoms with Crippen LogP contribution in [0.1, 0.15) is 50.5 Å². The predicted molar refractivity (Wildman–Crippen MR) is 173 cm³/mol. The summed E-state index contributed by atoms with van der Waals surface area (Å²) in [6.07, 6.45) is 7.41. The number of benzene rings is 2. The first kappa shape index (κ1) is 32.7. The monoisotopic (exact) mass is 630 g/mol. The molecule has 0 bridgehead atoms. The van der Waals surface area contributed by atoms with Gasteiger partial charge < -0.3 is 29.5 Å². The number of methoxy groups -OCH3 is 2. The summed E-state index contributed by atoms with van der Waals surface area (Å²) in [5.74, 6) is -0.943. The summed E-state index contributed by atoms with van der Waals surface area (Å²) in [6.45, 7) is 2.49. The second-order valence-corrected chi connectivity index (χ2v) is 12.0. The topological polar surface area (TPSA) is 140 Å². The van der Waals surface area contributed by atoms with Crippen molar-refractivity contribution in [3.8, 4) is 28.8 Å². The number of carbonyl (C=O) groups is 3. The Balaban J connectivity index is 1.49.